The first-order valence-electron chi connectivity index (χ1n) is 9.45. The molecular weight excluding hydrogens is 302 g/mol. The van der Waals surface area contributed by atoms with Crippen molar-refractivity contribution in [1.82, 2.24) is 14.9 Å². The lowest BCUT2D eigenvalue weighted by Gasteiger charge is -2.30. The molecule has 1 saturated carbocycles. The molecule has 2 aliphatic rings. The molecule has 2 unspecified atom stereocenters. The van der Waals surface area contributed by atoms with Gasteiger partial charge < -0.3 is 20.3 Å². The normalized spacial score (nSPS) is 24.9. The topological polar surface area (TPSA) is 62.3 Å². The van der Waals surface area contributed by atoms with Crippen molar-refractivity contribution in [2.24, 2.45) is 0 Å². The zero-order chi connectivity index (χ0) is 16.6. The number of hydrogen-bond acceptors (Lipinski definition) is 6. The Morgan fingerprint density at radius 3 is 2.96 bits per heavy atom. The van der Waals surface area contributed by atoms with E-state index in [0.717, 1.165) is 25.3 Å². The lowest BCUT2D eigenvalue weighted by molar-refractivity contribution is 0.0213. The highest BCUT2D eigenvalue weighted by Crippen LogP contribution is 2.23. The smallest absolute Gasteiger partial charge is 0.224 e. The second kappa shape index (κ2) is 9.18. The molecule has 1 aliphatic carbocycles. The van der Waals surface area contributed by atoms with Crippen molar-refractivity contribution in [1.29, 1.82) is 0 Å². The maximum absolute atomic E-state index is 6.14. The first-order valence-corrected chi connectivity index (χ1v) is 9.45. The summed E-state index contributed by atoms with van der Waals surface area (Å²) in [6, 6.07) is 2.28. The number of nitrogens with one attached hydrogen (secondary N) is 2. The lowest BCUT2D eigenvalue weighted by atomic mass is 9.93. The van der Waals surface area contributed by atoms with E-state index in [0.29, 0.717) is 18.1 Å². The number of hydrogen-bond donors (Lipinski definition) is 2. The monoisotopic (exact) mass is 333 g/mol. The summed E-state index contributed by atoms with van der Waals surface area (Å²) in [6.07, 6.45) is 10.7. The van der Waals surface area contributed by atoms with Gasteiger partial charge in [-0.15, -0.1) is 0 Å². The van der Waals surface area contributed by atoms with E-state index in [1.807, 2.05) is 13.1 Å². The third kappa shape index (κ3) is 5.31. The van der Waals surface area contributed by atoms with Crippen LogP contribution in [-0.4, -0.2) is 60.3 Å². The van der Waals surface area contributed by atoms with Crippen molar-refractivity contribution < 1.29 is 4.74 Å². The molecule has 134 valence electrons. The van der Waals surface area contributed by atoms with E-state index in [9.17, 15) is 0 Å². The highest BCUT2D eigenvalue weighted by Gasteiger charge is 2.23. The van der Waals surface area contributed by atoms with Crippen LogP contribution in [0, 0.1) is 0 Å². The van der Waals surface area contributed by atoms with Crippen molar-refractivity contribution in [2.75, 3.05) is 43.9 Å². The van der Waals surface area contributed by atoms with Crippen LogP contribution >= 0.6 is 0 Å². The molecule has 2 atom stereocenters. The van der Waals surface area contributed by atoms with Gasteiger partial charge in [-0.2, -0.15) is 4.98 Å². The number of aromatic nitrogens is 2. The van der Waals surface area contributed by atoms with Crippen LogP contribution in [0.25, 0.3) is 0 Å². The summed E-state index contributed by atoms with van der Waals surface area (Å²) < 4.78 is 6.14. The molecule has 2 fully saturated rings. The van der Waals surface area contributed by atoms with Crippen LogP contribution in [-0.2, 0) is 4.74 Å². The zero-order valence-electron chi connectivity index (χ0n) is 14.8. The van der Waals surface area contributed by atoms with Gasteiger partial charge in [0.2, 0.25) is 5.95 Å². The van der Waals surface area contributed by atoms with E-state index in [-0.39, 0.29) is 0 Å². The summed E-state index contributed by atoms with van der Waals surface area (Å²) >= 11 is 0. The van der Waals surface area contributed by atoms with E-state index in [1.165, 1.54) is 51.7 Å². The standard InChI is InChI=1S/C18H31N5O/c1-19-17-8-9-20-18(22-17)21-15-6-4-7-16(14-15)24-13-5-12-23-10-2-3-11-23/h8-9,15-16H,2-7,10-14H2,1H3,(H2,19,20,21,22). The molecule has 0 radical (unpaired) electrons. The Balaban J connectivity index is 1.37. The summed E-state index contributed by atoms with van der Waals surface area (Å²) in [5.41, 5.74) is 0. The second-order valence-corrected chi connectivity index (χ2v) is 6.92. The van der Waals surface area contributed by atoms with Gasteiger partial charge in [-0.1, -0.05) is 0 Å². The first-order chi connectivity index (χ1) is 11.8. The molecule has 1 saturated heterocycles. The van der Waals surface area contributed by atoms with Gasteiger partial charge in [0.25, 0.3) is 0 Å². The van der Waals surface area contributed by atoms with Crippen LogP contribution in [0.3, 0.4) is 0 Å². The fourth-order valence-electron chi connectivity index (χ4n) is 3.72. The zero-order valence-corrected chi connectivity index (χ0v) is 14.8. The third-order valence-electron chi connectivity index (χ3n) is 5.04. The Kier molecular flexibility index (Phi) is 6.66. The Morgan fingerprint density at radius 2 is 2.12 bits per heavy atom. The van der Waals surface area contributed by atoms with Crippen molar-refractivity contribution in [3.8, 4) is 0 Å². The molecule has 0 amide bonds. The summed E-state index contributed by atoms with van der Waals surface area (Å²) in [4.78, 5) is 11.3. The first kappa shape index (κ1) is 17.4. The minimum Gasteiger partial charge on any atom is -0.378 e. The Hall–Kier alpha value is -1.40. The molecule has 1 aliphatic heterocycles. The molecule has 1 aromatic rings. The molecule has 6 nitrogen and oxygen atoms in total. The van der Waals surface area contributed by atoms with Crippen LogP contribution in [0.4, 0.5) is 11.8 Å². The summed E-state index contributed by atoms with van der Waals surface area (Å²) in [5, 5.41) is 6.52. The Morgan fingerprint density at radius 1 is 1.25 bits per heavy atom. The summed E-state index contributed by atoms with van der Waals surface area (Å²) in [6.45, 7) is 4.64. The van der Waals surface area contributed by atoms with Gasteiger partial charge in [-0.3, -0.25) is 0 Å². The number of rotatable bonds is 8. The SMILES string of the molecule is CNc1ccnc(NC2CCCC(OCCCN3CCCC3)C2)n1. The highest BCUT2D eigenvalue weighted by molar-refractivity contribution is 5.39. The molecule has 6 heteroatoms. The summed E-state index contributed by atoms with van der Waals surface area (Å²) in [5.74, 6) is 1.56. The molecule has 2 N–H and O–H groups in total. The van der Waals surface area contributed by atoms with E-state index >= 15 is 0 Å². The van der Waals surface area contributed by atoms with Gasteiger partial charge >= 0.3 is 0 Å². The quantitative estimate of drug-likeness (QED) is 0.713. The molecule has 1 aromatic heterocycles. The van der Waals surface area contributed by atoms with Crippen molar-refractivity contribution in [3.05, 3.63) is 12.3 Å². The largest absolute Gasteiger partial charge is 0.378 e. The Bertz CT molecular complexity index is 492. The summed E-state index contributed by atoms with van der Waals surface area (Å²) in [7, 11) is 1.87. The number of likely N-dealkylation sites (tertiary alicyclic amines) is 1. The molecule has 0 bridgehead atoms. The van der Waals surface area contributed by atoms with Crippen molar-refractivity contribution >= 4 is 11.8 Å². The highest BCUT2D eigenvalue weighted by atomic mass is 16.5. The maximum Gasteiger partial charge on any atom is 0.224 e. The minimum atomic E-state index is 0.377. The third-order valence-corrected chi connectivity index (χ3v) is 5.04. The number of nitrogens with zero attached hydrogens (tertiary/aromatic N) is 3. The van der Waals surface area contributed by atoms with E-state index in [4.69, 9.17) is 4.74 Å². The minimum absolute atomic E-state index is 0.377. The van der Waals surface area contributed by atoms with E-state index < -0.39 is 0 Å². The van der Waals surface area contributed by atoms with Crippen LogP contribution in [0.2, 0.25) is 0 Å². The van der Waals surface area contributed by atoms with Gasteiger partial charge in [-0.05, 0) is 64.1 Å². The average Bonchev–Trinajstić information content (AvgIpc) is 3.13. The number of anilines is 2. The van der Waals surface area contributed by atoms with Crippen LogP contribution in [0.5, 0.6) is 0 Å². The predicted octanol–water partition coefficient (Wildman–Crippen LogP) is 2.74. The van der Waals surface area contributed by atoms with Crippen molar-refractivity contribution in [2.45, 2.75) is 57.1 Å². The van der Waals surface area contributed by atoms with Gasteiger partial charge in [0.15, 0.2) is 0 Å². The van der Waals surface area contributed by atoms with Gasteiger partial charge in [0.05, 0.1) is 6.10 Å². The van der Waals surface area contributed by atoms with Crippen LogP contribution in [0.1, 0.15) is 44.9 Å². The lowest BCUT2D eigenvalue weighted by Crippen LogP contribution is -2.32. The van der Waals surface area contributed by atoms with E-state index in [2.05, 4.69) is 25.5 Å². The van der Waals surface area contributed by atoms with Crippen molar-refractivity contribution in [3.63, 3.8) is 0 Å². The van der Waals surface area contributed by atoms with Crippen LogP contribution < -0.4 is 10.6 Å². The number of ether oxygens (including phenoxy) is 1. The second-order valence-electron chi connectivity index (χ2n) is 6.92. The predicted molar refractivity (Wildman–Crippen MR) is 97.5 cm³/mol. The Labute approximate surface area is 145 Å². The van der Waals surface area contributed by atoms with Gasteiger partial charge in [0, 0.05) is 32.4 Å². The maximum atomic E-state index is 6.14. The average molecular weight is 333 g/mol. The molecule has 24 heavy (non-hydrogen) atoms. The fourth-order valence-corrected chi connectivity index (χ4v) is 3.72. The van der Waals surface area contributed by atoms with Crippen LogP contribution in [0.15, 0.2) is 12.3 Å². The van der Waals surface area contributed by atoms with Gasteiger partial charge in [0.1, 0.15) is 5.82 Å². The molecular formula is C18H31N5O. The molecule has 3 rings (SSSR count). The fraction of sp³-hybridized carbons (Fsp3) is 0.778. The molecule has 0 aromatic carbocycles. The molecule has 2 heterocycles. The van der Waals surface area contributed by atoms with E-state index in [1.54, 1.807) is 6.20 Å². The van der Waals surface area contributed by atoms with Gasteiger partial charge in [-0.25, -0.2) is 4.98 Å². The molecule has 0 spiro atoms.